The fraction of sp³-hybridized carbons (Fsp3) is 0.235. The molecule has 3 aromatic rings. The highest BCUT2D eigenvalue weighted by molar-refractivity contribution is 5.58. The second-order valence-electron chi connectivity index (χ2n) is 5.78. The standard InChI is InChI=1S/C17H17N5O3/c1-11(2)16-20-17(25-21-16)12-7-8-18-15(9-12)19-10-13-5-3-4-6-14(13)22(23)24/h3-9,11H,10H2,1-2H3,(H,18,19). The maximum atomic E-state index is 11.1. The van der Waals surface area contributed by atoms with Crippen LogP contribution in [-0.2, 0) is 6.54 Å². The zero-order valence-electron chi connectivity index (χ0n) is 13.8. The summed E-state index contributed by atoms with van der Waals surface area (Å²) in [4.78, 5) is 19.2. The lowest BCUT2D eigenvalue weighted by Gasteiger charge is -2.07. The van der Waals surface area contributed by atoms with Gasteiger partial charge in [0.2, 0.25) is 0 Å². The number of para-hydroxylation sites is 1. The van der Waals surface area contributed by atoms with Gasteiger partial charge < -0.3 is 9.84 Å². The Hall–Kier alpha value is -3.29. The molecule has 2 aromatic heterocycles. The first kappa shape index (κ1) is 16.6. The van der Waals surface area contributed by atoms with Gasteiger partial charge >= 0.3 is 0 Å². The summed E-state index contributed by atoms with van der Waals surface area (Å²) >= 11 is 0. The van der Waals surface area contributed by atoms with Gasteiger partial charge in [-0.3, -0.25) is 10.1 Å². The minimum atomic E-state index is -0.396. The lowest BCUT2D eigenvalue weighted by molar-refractivity contribution is -0.385. The van der Waals surface area contributed by atoms with Gasteiger partial charge in [0, 0.05) is 35.9 Å². The van der Waals surface area contributed by atoms with E-state index in [-0.39, 0.29) is 18.2 Å². The van der Waals surface area contributed by atoms with Crippen molar-refractivity contribution in [3.05, 3.63) is 64.1 Å². The normalized spacial score (nSPS) is 10.8. The molecule has 0 aliphatic rings. The van der Waals surface area contributed by atoms with Gasteiger partial charge in [0.1, 0.15) is 5.82 Å². The molecule has 0 saturated carbocycles. The fourth-order valence-electron chi connectivity index (χ4n) is 2.27. The van der Waals surface area contributed by atoms with Crippen LogP contribution in [0.25, 0.3) is 11.5 Å². The van der Waals surface area contributed by atoms with Crippen LogP contribution in [0, 0.1) is 10.1 Å². The Labute approximate surface area is 144 Å². The summed E-state index contributed by atoms with van der Waals surface area (Å²) in [5.74, 6) is 1.80. The first-order chi connectivity index (χ1) is 12.0. The lowest BCUT2D eigenvalue weighted by atomic mass is 10.2. The molecule has 0 unspecified atom stereocenters. The van der Waals surface area contributed by atoms with Crippen molar-refractivity contribution in [1.82, 2.24) is 15.1 Å². The minimum absolute atomic E-state index is 0.0737. The molecule has 0 bridgehead atoms. The Balaban J connectivity index is 1.77. The number of hydrogen-bond acceptors (Lipinski definition) is 7. The van der Waals surface area contributed by atoms with E-state index in [4.69, 9.17) is 4.52 Å². The molecule has 0 amide bonds. The van der Waals surface area contributed by atoms with Gasteiger partial charge in [0.25, 0.3) is 11.6 Å². The molecule has 0 atom stereocenters. The monoisotopic (exact) mass is 339 g/mol. The summed E-state index contributed by atoms with van der Waals surface area (Å²) in [7, 11) is 0. The zero-order chi connectivity index (χ0) is 17.8. The van der Waals surface area contributed by atoms with E-state index in [1.165, 1.54) is 6.07 Å². The predicted molar refractivity (Wildman–Crippen MR) is 92.0 cm³/mol. The highest BCUT2D eigenvalue weighted by atomic mass is 16.6. The van der Waals surface area contributed by atoms with Gasteiger partial charge in [0.15, 0.2) is 5.82 Å². The second-order valence-corrected chi connectivity index (χ2v) is 5.78. The number of nitrogens with zero attached hydrogens (tertiary/aromatic N) is 4. The molecule has 2 heterocycles. The van der Waals surface area contributed by atoms with E-state index in [2.05, 4.69) is 20.4 Å². The Morgan fingerprint density at radius 1 is 1.28 bits per heavy atom. The van der Waals surface area contributed by atoms with E-state index in [1.807, 2.05) is 13.8 Å². The van der Waals surface area contributed by atoms with Crippen LogP contribution in [0.5, 0.6) is 0 Å². The summed E-state index contributed by atoms with van der Waals surface area (Å²) in [5, 5.41) is 18.1. The third-order valence-electron chi connectivity index (χ3n) is 3.61. The second kappa shape index (κ2) is 7.08. The van der Waals surface area contributed by atoms with Crippen molar-refractivity contribution in [1.29, 1.82) is 0 Å². The van der Waals surface area contributed by atoms with E-state index in [0.29, 0.717) is 23.1 Å². The van der Waals surface area contributed by atoms with Crippen LogP contribution < -0.4 is 5.32 Å². The largest absolute Gasteiger partial charge is 0.366 e. The third kappa shape index (κ3) is 3.79. The molecule has 1 aromatic carbocycles. The number of aromatic nitrogens is 3. The van der Waals surface area contributed by atoms with Crippen LogP contribution in [0.15, 0.2) is 47.1 Å². The topological polar surface area (TPSA) is 107 Å². The van der Waals surface area contributed by atoms with Crippen LogP contribution in [0.1, 0.15) is 31.2 Å². The number of anilines is 1. The average molecular weight is 339 g/mol. The fourth-order valence-corrected chi connectivity index (χ4v) is 2.27. The summed E-state index contributed by atoms with van der Waals surface area (Å²) in [6.07, 6.45) is 1.62. The van der Waals surface area contributed by atoms with Crippen LogP contribution in [-0.4, -0.2) is 20.0 Å². The van der Waals surface area contributed by atoms with Gasteiger partial charge in [-0.25, -0.2) is 4.98 Å². The van der Waals surface area contributed by atoms with Gasteiger partial charge in [0.05, 0.1) is 4.92 Å². The van der Waals surface area contributed by atoms with Crippen LogP contribution in [0.2, 0.25) is 0 Å². The molecular weight excluding hydrogens is 322 g/mol. The van der Waals surface area contributed by atoms with E-state index in [1.54, 1.807) is 36.5 Å². The highest BCUT2D eigenvalue weighted by Crippen LogP contribution is 2.23. The summed E-state index contributed by atoms with van der Waals surface area (Å²) in [6.45, 7) is 4.26. The number of hydrogen-bond donors (Lipinski definition) is 1. The molecule has 0 saturated heterocycles. The molecule has 25 heavy (non-hydrogen) atoms. The number of benzene rings is 1. The van der Waals surface area contributed by atoms with Crippen molar-refractivity contribution in [2.45, 2.75) is 26.3 Å². The predicted octanol–water partition coefficient (Wildman–Crippen LogP) is 3.78. The molecule has 8 nitrogen and oxygen atoms in total. The first-order valence-corrected chi connectivity index (χ1v) is 7.81. The molecule has 0 fully saturated rings. The molecule has 0 aliphatic heterocycles. The van der Waals surface area contributed by atoms with Crippen molar-refractivity contribution < 1.29 is 9.45 Å². The molecular formula is C17H17N5O3. The zero-order valence-corrected chi connectivity index (χ0v) is 13.8. The summed E-state index contributed by atoms with van der Waals surface area (Å²) in [6, 6.07) is 10.1. The Bertz CT molecular complexity index is 891. The average Bonchev–Trinajstić information content (AvgIpc) is 3.11. The third-order valence-corrected chi connectivity index (χ3v) is 3.61. The van der Waals surface area contributed by atoms with Gasteiger partial charge in [-0.05, 0) is 12.1 Å². The number of nitro groups is 1. The molecule has 1 N–H and O–H groups in total. The van der Waals surface area contributed by atoms with Gasteiger partial charge in [-0.15, -0.1) is 0 Å². The van der Waals surface area contributed by atoms with Crippen LogP contribution >= 0.6 is 0 Å². The van der Waals surface area contributed by atoms with E-state index in [0.717, 1.165) is 5.56 Å². The van der Waals surface area contributed by atoms with Crippen molar-refractivity contribution in [3.63, 3.8) is 0 Å². The van der Waals surface area contributed by atoms with Crippen LogP contribution in [0.3, 0.4) is 0 Å². The molecule has 128 valence electrons. The minimum Gasteiger partial charge on any atom is -0.366 e. The van der Waals surface area contributed by atoms with Crippen molar-refractivity contribution >= 4 is 11.5 Å². The van der Waals surface area contributed by atoms with E-state index in [9.17, 15) is 10.1 Å². The van der Waals surface area contributed by atoms with Crippen molar-refractivity contribution in [2.24, 2.45) is 0 Å². The molecule has 0 spiro atoms. The number of nitrogens with one attached hydrogen (secondary N) is 1. The summed E-state index contributed by atoms with van der Waals surface area (Å²) in [5.41, 5.74) is 1.39. The molecule has 0 radical (unpaired) electrons. The maximum Gasteiger partial charge on any atom is 0.274 e. The maximum absolute atomic E-state index is 11.1. The first-order valence-electron chi connectivity index (χ1n) is 7.81. The van der Waals surface area contributed by atoms with Gasteiger partial charge in [-0.2, -0.15) is 4.98 Å². The Morgan fingerprint density at radius 3 is 2.80 bits per heavy atom. The highest BCUT2D eigenvalue weighted by Gasteiger charge is 2.14. The Morgan fingerprint density at radius 2 is 2.08 bits per heavy atom. The molecule has 0 aliphatic carbocycles. The SMILES string of the molecule is CC(C)c1noc(-c2ccnc(NCc3ccccc3[N+](=O)[O-])c2)n1. The van der Waals surface area contributed by atoms with Crippen LogP contribution in [0.4, 0.5) is 11.5 Å². The van der Waals surface area contributed by atoms with Gasteiger partial charge in [-0.1, -0.05) is 37.2 Å². The molecule has 3 rings (SSSR count). The number of pyridine rings is 1. The molecule has 8 heteroatoms. The lowest BCUT2D eigenvalue weighted by Crippen LogP contribution is -2.04. The van der Waals surface area contributed by atoms with E-state index < -0.39 is 4.92 Å². The van der Waals surface area contributed by atoms with Crippen molar-refractivity contribution in [3.8, 4) is 11.5 Å². The van der Waals surface area contributed by atoms with E-state index >= 15 is 0 Å². The summed E-state index contributed by atoms with van der Waals surface area (Å²) < 4.78 is 5.27. The number of rotatable bonds is 6. The van der Waals surface area contributed by atoms with Crippen molar-refractivity contribution in [2.75, 3.05) is 5.32 Å². The smallest absolute Gasteiger partial charge is 0.274 e. The quantitative estimate of drug-likeness (QED) is 0.538. The number of nitro benzene ring substituents is 1. The Kier molecular flexibility index (Phi) is 4.69.